The van der Waals surface area contributed by atoms with E-state index >= 15 is 0 Å². The van der Waals surface area contributed by atoms with Gasteiger partial charge in [-0.25, -0.2) is 0 Å². The summed E-state index contributed by atoms with van der Waals surface area (Å²) in [5.41, 5.74) is 1.47. The van der Waals surface area contributed by atoms with E-state index in [1.54, 1.807) is 24.3 Å². The molecule has 1 fully saturated rings. The molecule has 2 N–H and O–H groups in total. The van der Waals surface area contributed by atoms with Crippen molar-refractivity contribution < 1.29 is 15.1 Å². The van der Waals surface area contributed by atoms with Crippen molar-refractivity contribution in [2.45, 2.75) is 11.3 Å². The highest BCUT2D eigenvalue weighted by Gasteiger charge is 2.45. The van der Waals surface area contributed by atoms with Crippen LogP contribution in [0.25, 0.3) is 0 Å². The molecule has 6 nitrogen and oxygen atoms in total. The molecule has 7 heteroatoms. The number of nitro benzene ring substituents is 1. The number of thioether (sulfide) groups is 1. The first-order valence-electron chi connectivity index (χ1n) is 6.64. The lowest BCUT2D eigenvalue weighted by Crippen LogP contribution is -2.46. The summed E-state index contributed by atoms with van der Waals surface area (Å²) in [6.45, 7) is 0. The number of hydrogen-bond acceptors (Lipinski definition) is 6. The molecule has 0 aromatic heterocycles. The fourth-order valence-corrected chi connectivity index (χ4v) is 3.77. The Kier molecular flexibility index (Phi) is 3.78. The highest BCUT2D eigenvalue weighted by atomic mass is 32.2. The van der Waals surface area contributed by atoms with Gasteiger partial charge >= 0.3 is 0 Å². The second-order valence-corrected chi connectivity index (χ2v) is 6.06. The second-order valence-electron chi connectivity index (χ2n) is 4.99. The number of benzene rings is 2. The number of non-ortho nitro benzene ring substituents is 1. The maximum Gasteiger partial charge on any atom is 0.269 e. The third-order valence-electron chi connectivity index (χ3n) is 3.48. The number of rotatable bonds is 3. The van der Waals surface area contributed by atoms with Crippen molar-refractivity contribution in [1.82, 2.24) is 0 Å². The Morgan fingerprint density at radius 3 is 2.36 bits per heavy atom. The summed E-state index contributed by atoms with van der Waals surface area (Å²) >= 11 is 1.38. The summed E-state index contributed by atoms with van der Waals surface area (Å²) in [7, 11) is 0. The quantitative estimate of drug-likeness (QED) is 0.514. The number of para-hydroxylation sites is 1. The molecular weight excluding hydrogens is 304 g/mol. The Morgan fingerprint density at radius 1 is 1.14 bits per heavy atom. The smallest absolute Gasteiger partial charge is 0.269 e. The third-order valence-corrected chi connectivity index (χ3v) is 4.83. The summed E-state index contributed by atoms with van der Waals surface area (Å²) in [4.78, 5) is 11.8. The van der Waals surface area contributed by atoms with Gasteiger partial charge in [0.25, 0.3) is 11.6 Å². The van der Waals surface area contributed by atoms with E-state index in [1.165, 1.54) is 28.8 Å². The van der Waals surface area contributed by atoms with Crippen molar-refractivity contribution in [2.24, 2.45) is 0 Å². The molecule has 0 radical (unpaired) electrons. The van der Waals surface area contributed by atoms with Gasteiger partial charge in [0.05, 0.1) is 10.7 Å². The van der Waals surface area contributed by atoms with Gasteiger partial charge in [-0.2, -0.15) is 0 Å². The van der Waals surface area contributed by atoms with E-state index in [2.05, 4.69) is 0 Å². The summed E-state index contributed by atoms with van der Waals surface area (Å²) in [6.07, 6.45) is 0. The molecule has 0 amide bonds. The Labute approximate surface area is 131 Å². The fourth-order valence-electron chi connectivity index (χ4n) is 2.46. The van der Waals surface area contributed by atoms with Gasteiger partial charge in [0.15, 0.2) is 0 Å². The van der Waals surface area contributed by atoms with E-state index in [0.717, 1.165) is 5.56 Å². The molecule has 1 atom stereocenters. The van der Waals surface area contributed by atoms with Gasteiger partial charge < -0.3 is 15.1 Å². The van der Waals surface area contributed by atoms with Crippen LogP contribution in [0.15, 0.2) is 54.6 Å². The third kappa shape index (κ3) is 2.66. The zero-order valence-corrected chi connectivity index (χ0v) is 12.3. The van der Waals surface area contributed by atoms with Crippen LogP contribution < -0.4 is 4.90 Å². The number of anilines is 1. The summed E-state index contributed by atoms with van der Waals surface area (Å²) in [5.74, 6) is -1.83. The molecule has 0 aliphatic carbocycles. The van der Waals surface area contributed by atoms with E-state index in [4.69, 9.17) is 0 Å². The van der Waals surface area contributed by atoms with Gasteiger partial charge in [0.1, 0.15) is 5.37 Å². The minimum atomic E-state index is -1.96. The summed E-state index contributed by atoms with van der Waals surface area (Å²) in [6, 6.07) is 15.2. The Morgan fingerprint density at radius 2 is 1.77 bits per heavy atom. The summed E-state index contributed by atoms with van der Waals surface area (Å²) in [5, 5.41) is 30.9. The number of hydrogen-bond donors (Lipinski definition) is 2. The van der Waals surface area contributed by atoms with E-state index in [9.17, 15) is 20.3 Å². The maximum absolute atomic E-state index is 10.7. The van der Waals surface area contributed by atoms with Crippen LogP contribution in [0, 0.1) is 10.1 Å². The van der Waals surface area contributed by atoms with Crippen LogP contribution in [0.2, 0.25) is 0 Å². The highest BCUT2D eigenvalue weighted by molar-refractivity contribution is 8.00. The largest absolute Gasteiger partial charge is 0.348 e. The van der Waals surface area contributed by atoms with Crippen molar-refractivity contribution in [3.8, 4) is 0 Å². The maximum atomic E-state index is 10.7. The van der Waals surface area contributed by atoms with Gasteiger partial charge in [0.2, 0.25) is 0 Å². The molecule has 0 saturated carbocycles. The Balaban J connectivity index is 1.97. The molecule has 1 aliphatic heterocycles. The SMILES string of the molecule is O=[N+]([O-])c1ccc(C2SCC(O)(O)N2c2ccccc2)cc1. The van der Waals surface area contributed by atoms with Crippen LogP contribution in [-0.4, -0.2) is 26.8 Å². The topological polar surface area (TPSA) is 86.8 Å². The molecule has 114 valence electrons. The van der Waals surface area contributed by atoms with E-state index in [1.807, 2.05) is 18.2 Å². The minimum Gasteiger partial charge on any atom is -0.348 e. The number of aliphatic hydroxyl groups is 2. The molecule has 0 bridgehead atoms. The highest BCUT2D eigenvalue weighted by Crippen LogP contribution is 2.47. The zero-order chi connectivity index (χ0) is 15.7. The van der Waals surface area contributed by atoms with Gasteiger partial charge in [-0.1, -0.05) is 18.2 Å². The monoisotopic (exact) mass is 318 g/mol. The van der Waals surface area contributed by atoms with Gasteiger partial charge in [0, 0.05) is 17.8 Å². The van der Waals surface area contributed by atoms with Crippen molar-refractivity contribution in [2.75, 3.05) is 10.7 Å². The predicted octanol–water partition coefficient (Wildman–Crippen LogP) is 2.49. The standard InChI is InChI=1S/C15H14N2O4S/c18-15(19)10-22-14(16(15)12-4-2-1-3-5-12)11-6-8-13(9-7-11)17(20)21/h1-9,14,18-19H,10H2. The molecular formula is C15H14N2O4S. The van der Waals surface area contributed by atoms with Crippen molar-refractivity contribution >= 4 is 23.1 Å². The number of nitro groups is 1. The van der Waals surface area contributed by atoms with Gasteiger partial charge in [-0.15, -0.1) is 11.8 Å². The molecule has 2 aromatic rings. The first-order valence-corrected chi connectivity index (χ1v) is 7.69. The van der Waals surface area contributed by atoms with Crippen molar-refractivity contribution in [3.63, 3.8) is 0 Å². The average molecular weight is 318 g/mol. The predicted molar refractivity (Wildman–Crippen MR) is 84.4 cm³/mol. The van der Waals surface area contributed by atoms with Gasteiger partial charge in [-0.05, 0) is 29.8 Å². The molecule has 1 aliphatic rings. The lowest BCUT2D eigenvalue weighted by molar-refractivity contribution is -0.384. The van der Waals surface area contributed by atoms with Crippen molar-refractivity contribution in [1.29, 1.82) is 0 Å². The van der Waals surface area contributed by atoms with Crippen LogP contribution in [0.1, 0.15) is 10.9 Å². The first kappa shape index (κ1) is 14.8. The van der Waals surface area contributed by atoms with E-state index in [0.29, 0.717) is 5.69 Å². The Hall–Kier alpha value is -2.09. The molecule has 1 unspecified atom stereocenters. The lowest BCUT2D eigenvalue weighted by atomic mass is 10.1. The van der Waals surface area contributed by atoms with Crippen molar-refractivity contribution in [3.05, 3.63) is 70.3 Å². The van der Waals surface area contributed by atoms with E-state index in [-0.39, 0.29) is 16.8 Å². The molecule has 0 spiro atoms. The lowest BCUT2D eigenvalue weighted by Gasteiger charge is -2.33. The average Bonchev–Trinajstić information content (AvgIpc) is 2.83. The normalized spacial score (nSPS) is 20.1. The van der Waals surface area contributed by atoms with Crippen LogP contribution >= 0.6 is 11.8 Å². The molecule has 3 rings (SSSR count). The molecule has 2 aromatic carbocycles. The molecule has 1 saturated heterocycles. The number of nitrogens with zero attached hydrogens (tertiary/aromatic N) is 2. The van der Waals surface area contributed by atoms with E-state index < -0.39 is 10.8 Å². The van der Waals surface area contributed by atoms with Crippen LogP contribution in [0.5, 0.6) is 0 Å². The van der Waals surface area contributed by atoms with Crippen LogP contribution in [0.3, 0.4) is 0 Å². The van der Waals surface area contributed by atoms with Gasteiger partial charge in [-0.3, -0.25) is 10.1 Å². The Bertz CT molecular complexity index is 676. The second kappa shape index (κ2) is 5.60. The molecule has 22 heavy (non-hydrogen) atoms. The van der Waals surface area contributed by atoms with Crippen LogP contribution in [-0.2, 0) is 0 Å². The fraction of sp³-hybridized carbons (Fsp3) is 0.200. The van der Waals surface area contributed by atoms with Crippen LogP contribution in [0.4, 0.5) is 11.4 Å². The minimum absolute atomic E-state index is 0.0114. The zero-order valence-electron chi connectivity index (χ0n) is 11.5. The summed E-state index contributed by atoms with van der Waals surface area (Å²) < 4.78 is 0. The first-order chi connectivity index (χ1) is 10.5. The molecule has 1 heterocycles.